The molecule has 2 saturated heterocycles. The summed E-state index contributed by atoms with van der Waals surface area (Å²) in [5.41, 5.74) is 0.135. The Balaban J connectivity index is 1.23. The van der Waals surface area contributed by atoms with Crippen molar-refractivity contribution in [3.05, 3.63) is 23.8 Å². The second-order valence-electron chi connectivity index (χ2n) is 12.1. The van der Waals surface area contributed by atoms with Crippen LogP contribution in [0.3, 0.4) is 0 Å². The van der Waals surface area contributed by atoms with E-state index in [0.29, 0.717) is 57.8 Å². The molecule has 1 atom stereocenters. The number of ether oxygens (including phenoxy) is 3. The predicted molar refractivity (Wildman–Crippen MR) is 136 cm³/mol. The van der Waals surface area contributed by atoms with E-state index < -0.39 is 22.6 Å². The molecule has 9 heteroatoms. The lowest BCUT2D eigenvalue weighted by Crippen LogP contribution is -2.59. The molecule has 3 heterocycles. The van der Waals surface area contributed by atoms with Crippen LogP contribution in [0.4, 0.5) is 16.2 Å². The Hall–Kier alpha value is -2.65. The Morgan fingerprint density at radius 1 is 0.973 bits per heavy atom. The molecular weight excluding hydrogens is 474 g/mol. The Morgan fingerprint density at radius 2 is 1.73 bits per heavy atom. The van der Waals surface area contributed by atoms with E-state index in [2.05, 4.69) is 16.0 Å². The zero-order valence-electron chi connectivity index (χ0n) is 21.6. The first-order chi connectivity index (χ1) is 17.8. The number of benzene rings is 1. The van der Waals surface area contributed by atoms with Crippen LogP contribution in [-0.2, 0) is 29.2 Å². The van der Waals surface area contributed by atoms with Crippen molar-refractivity contribution >= 4 is 29.3 Å². The Bertz CT molecular complexity index is 1100. The monoisotopic (exact) mass is 511 g/mol. The van der Waals surface area contributed by atoms with Gasteiger partial charge in [0, 0.05) is 24.6 Å². The van der Waals surface area contributed by atoms with Gasteiger partial charge < -0.3 is 30.2 Å². The van der Waals surface area contributed by atoms with E-state index in [1.807, 2.05) is 25.1 Å². The first-order valence-electron chi connectivity index (χ1n) is 13.7. The minimum atomic E-state index is -1.04. The van der Waals surface area contributed by atoms with Gasteiger partial charge in [-0.1, -0.05) is 25.3 Å². The summed E-state index contributed by atoms with van der Waals surface area (Å²) < 4.78 is 16.4. The smallest absolute Gasteiger partial charge is 0.408 e. The molecule has 1 unspecified atom stereocenters. The third-order valence-corrected chi connectivity index (χ3v) is 9.43. The highest BCUT2D eigenvalue weighted by Gasteiger charge is 2.54. The second kappa shape index (κ2) is 8.98. The zero-order valence-corrected chi connectivity index (χ0v) is 21.6. The summed E-state index contributed by atoms with van der Waals surface area (Å²) in [6, 6.07) is 5.63. The maximum Gasteiger partial charge on any atom is 0.408 e. The van der Waals surface area contributed by atoms with Crippen LogP contribution in [0.1, 0.15) is 76.7 Å². The average molecular weight is 512 g/mol. The van der Waals surface area contributed by atoms with Crippen LogP contribution < -0.4 is 16.0 Å². The van der Waals surface area contributed by atoms with Crippen molar-refractivity contribution in [2.45, 2.75) is 87.7 Å². The summed E-state index contributed by atoms with van der Waals surface area (Å²) >= 11 is 0. The molecule has 3 amide bonds. The van der Waals surface area contributed by atoms with Crippen molar-refractivity contribution in [2.75, 3.05) is 37.1 Å². The van der Waals surface area contributed by atoms with Crippen LogP contribution in [0, 0.1) is 5.41 Å². The highest BCUT2D eigenvalue weighted by atomic mass is 16.6. The number of hydrogen-bond donors (Lipinski definition) is 3. The number of carbonyl (C=O) groups is 3. The van der Waals surface area contributed by atoms with Gasteiger partial charge in [-0.05, 0) is 75.0 Å². The largest absolute Gasteiger partial charge is 0.438 e. The molecule has 0 bridgehead atoms. The summed E-state index contributed by atoms with van der Waals surface area (Å²) in [7, 11) is 0. The van der Waals surface area contributed by atoms with Crippen molar-refractivity contribution in [3.63, 3.8) is 0 Å². The third-order valence-electron chi connectivity index (χ3n) is 9.43. The fourth-order valence-electron chi connectivity index (χ4n) is 7.25. The predicted octanol–water partition coefficient (Wildman–Crippen LogP) is 4.01. The van der Waals surface area contributed by atoms with E-state index in [1.54, 1.807) is 0 Å². The number of nitrogens with one attached hydrogen (secondary N) is 3. The molecule has 4 fully saturated rings. The summed E-state index contributed by atoms with van der Waals surface area (Å²) in [4.78, 5) is 39.8. The maximum absolute atomic E-state index is 13.9. The number of amides is 3. The SMILES string of the molecule is CC1(OC(=O)NC2(C(=O)Nc3ccc4c(c3)NC(=O)C43CCOCC3)CCC3(CCCCC3)C2)COC1. The molecule has 0 radical (unpaired) electrons. The summed E-state index contributed by atoms with van der Waals surface area (Å²) in [5, 5.41) is 9.09. The van der Waals surface area contributed by atoms with Crippen molar-refractivity contribution < 1.29 is 28.6 Å². The van der Waals surface area contributed by atoms with E-state index in [4.69, 9.17) is 14.2 Å². The van der Waals surface area contributed by atoms with Gasteiger partial charge in [0.15, 0.2) is 5.60 Å². The molecule has 9 nitrogen and oxygen atoms in total. The van der Waals surface area contributed by atoms with Crippen LogP contribution in [0.2, 0.25) is 0 Å². The molecule has 2 saturated carbocycles. The summed E-state index contributed by atoms with van der Waals surface area (Å²) in [6.45, 7) is 3.67. The Kier molecular flexibility index (Phi) is 5.99. The van der Waals surface area contributed by atoms with E-state index in [1.165, 1.54) is 6.42 Å². The molecule has 2 aliphatic carbocycles. The fraction of sp³-hybridized carbons (Fsp3) is 0.679. The highest BCUT2D eigenvalue weighted by molar-refractivity contribution is 6.07. The van der Waals surface area contributed by atoms with Crippen LogP contribution in [-0.4, -0.2) is 55.5 Å². The van der Waals surface area contributed by atoms with E-state index in [-0.39, 0.29) is 17.2 Å². The number of hydrogen-bond acceptors (Lipinski definition) is 6. The Labute approximate surface area is 217 Å². The van der Waals surface area contributed by atoms with E-state index in [0.717, 1.165) is 43.4 Å². The van der Waals surface area contributed by atoms with Gasteiger partial charge in [-0.3, -0.25) is 9.59 Å². The molecular formula is C28H37N3O6. The van der Waals surface area contributed by atoms with E-state index >= 15 is 0 Å². The molecule has 6 rings (SSSR count). The minimum Gasteiger partial charge on any atom is -0.438 e. The molecule has 1 aromatic rings. The van der Waals surface area contributed by atoms with Gasteiger partial charge in [0.05, 0.1) is 18.6 Å². The number of fused-ring (bicyclic) bond motifs is 2. The average Bonchev–Trinajstić information content (AvgIpc) is 3.34. The van der Waals surface area contributed by atoms with Gasteiger partial charge in [-0.25, -0.2) is 4.79 Å². The third kappa shape index (κ3) is 4.30. The second-order valence-corrected chi connectivity index (χ2v) is 12.1. The number of alkyl carbamates (subject to hydrolysis) is 1. The highest BCUT2D eigenvalue weighted by Crippen LogP contribution is 2.53. The van der Waals surface area contributed by atoms with Crippen LogP contribution in [0.25, 0.3) is 0 Å². The zero-order chi connectivity index (χ0) is 25.7. The van der Waals surface area contributed by atoms with Gasteiger partial charge in [0.1, 0.15) is 5.54 Å². The summed E-state index contributed by atoms with van der Waals surface area (Å²) in [6.07, 6.45) is 8.54. The molecule has 37 heavy (non-hydrogen) atoms. The van der Waals surface area contributed by atoms with E-state index in [9.17, 15) is 14.4 Å². The first kappa shape index (κ1) is 24.7. The van der Waals surface area contributed by atoms with Crippen LogP contribution in [0.15, 0.2) is 18.2 Å². The van der Waals surface area contributed by atoms with Gasteiger partial charge in [-0.2, -0.15) is 0 Å². The Morgan fingerprint density at radius 3 is 2.43 bits per heavy atom. The van der Waals surface area contributed by atoms with Gasteiger partial charge in [0.25, 0.3) is 0 Å². The molecule has 1 aromatic carbocycles. The quantitative estimate of drug-likeness (QED) is 0.563. The number of carbonyl (C=O) groups excluding carboxylic acids is 3. The van der Waals surface area contributed by atoms with Gasteiger partial charge in [0.2, 0.25) is 11.8 Å². The first-order valence-corrected chi connectivity index (χ1v) is 13.7. The number of rotatable bonds is 4. The summed E-state index contributed by atoms with van der Waals surface area (Å²) in [5.74, 6) is -0.231. The molecule has 200 valence electrons. The minimum absolute atomic E-state index is 0.00124. The van der Waals surface area contributed by atoms with Crippen molar-refractivity contribution in [1.29, 1.82) is 0 Å². The van der Waals surface area contributed by atoms with Crippen molar-refractivity contribution in [2.24, 2.45) is 5.41 Å². The molecule has 5 aliphatic rings. The normalized spacial score (nSPS) is 28.7. The topological polar surface area (TPSA) is 115 Å². The van der Waals surface area contributed by atoms with Gasteiger partial charge in [-0.15, -0.1) is 0 Å². The lowest BCUT2D eigenvalue weighted by molar-refractivity contribution is -0.168. The maximum atomic E-state index is 13.9. The van der Waals surface area contributed by atoms with Crippen molar-refractivity contribution in [1.82, 2.24) is 5.32 Å². The lowest BCUT2D eigenvalue weighted by atomic mass is 9.71. The molecule has 0 aromatic heterocycles. The standard InChI is InChI=1S/C28H37N3O6/c1-25(17-36-18-25)37-24(34)31-28(10-9-26(16-28)7-3-2-4-8-26)23(33)29-19-5-6-20-21(15-19)30-22(32)27(20)11-13-35-14-12-27/h5-6,15H,2-4,7-14,16-18H2,1H3,(H,29,33)(H,30,32)(H,31,34). The number of anilines is 2. The van der Waals surface area contributed by atoms with Gasteiger partial charge >= 0.3 is 6.09 Å². The van der Waals surface area contributed by atoms with Crippen LogP contribution in [0.5, 0.6) is 0 Å². The van der Waals surface area contributed by atoms with Crippen LogP contribution >= 0.6 is 0 Å². The lowest BCUT2D eigenvalue weighted by Gasteiger charge is -2.39. The fourth-order valence-corrected chi connectivity index (χ4v) is 7.25. The molecule has 3 aliphatic heterocycles. The van der Waals surface area contributed by atoms with Crippen molar-refractivity contribution in [3.8, 4) is 0 Å². The molecule has 2 spiro atoms. The molecule has 3 N–H and O–H groups in total.